The summed E-state index contributed by atoms with van der Waals surface area (Å²) in [6, 6.07) is 1.39. The van der Waals surface area contributed by atoms with Crippen LogP contribution >= 0.6 is 0 Å². The van der Waals surface area contributed by atoms with E-state index >= 15 is 0 Å². The molecule has 0 aromatic rings. The van der Waals surface area contributed by atoms with E-state index in [0.717, 1.165) is 0 Å². The summed E-state index contributed by atoms with van der Waals surface area (Å²) < 4.78 is 0. The van der Waals surface area contributed by atoms with Gasteiger partial charge in [0, 0.05) is 38.3 Å². The van der Waals surface area contributed by atoms with Gasteiger partial charge < -0.3 is 0 Å². The molecule has 1 unspecified atom stereocenters. The molecule has 0 saturated carbocycles. The summed E-state index contributed by atoms with van der Waals surface area (Å²) in [5.41, 5.74) is 0.403. The van der Waals surface area contributed by atoms with E-state index in [2.05, 4.69) is 51.3 Å². The summed E-state index contributed by atoms with van der Waals surface area (Å²) in [6.07, 6.45) is 0. The number of hydrogen-bond donors (Lipinski definition) is 0. The second kappa shape index (κ2) is 4.84. The van der Waals surface area contributed by atoms with E-state index in [0.29, 0.717) is 17.5 Å². The van der Waals surface area contributed by atoms with Crippen molar-refractivity contribution in [2.75, 3.05) is 26.2 Å². The van der Waals surface area contributed by atoms with E-state index in [1.165, 1.54) is 26.2 Å². The zero-order valence-electron chi connectivity index (χ0n) is 11.4. The fourth-order valence-electron chi connectivity index (χ4n) is 2.19. The minimum atomic E-state index is 0.403. The molecule has 90 valence electrons. The molecular weight excluding hydrogens is 184 g/mol. The highest BCUT2D eigenvalue weighted by Crippen LogP contribution is 2.24. The minimum absolute atomic E-state index is 0.403. The van der Waals surface area contributed by atoms with Gasteiger partial charge in [-0.25, -0.2) is 0 Å². The minimum Gasteiger partial charge on any atom is -0.298 e. The van der Waals surface area contributed by atoms with E-state index in [-0.39, 0.29) is 0 Å². The standard InChI is InChI=1S/C13H28N2/c1-11(2)14-7-9-15(10-8-14)12(3)13(4,5)6/h11-12H,7-10H2,1-6H3. The Morgan fingerprint density at radius 2 is 1.20 bits per heavy atom. The number of hydrogen-bond acceptors (Lipinski definition) is 2. The Labute approximate surface area is 95.6 Å². The summed E-state index contributed by atoms with van der Waals surface area (Å²) in [7, 11) is 0. The molecular formula is C13H28N2. The number of piperazine rings is 1. The van der Waals surface area contributed by atoms with E-state index < -0.39 is 0 Å². The molecule has 0 radical (unpaired) electrons. The van der Waals surface area contributed by atoms with Gasteiger partial charge in [0.1, 0.15) is 0 Å². The molecule has 1 aliphatic heterocycles. The molecule has 1 rings (SSSR count). The third kappa shape index (κ3) is 3.46. The molecule has 1 aliphatic rings. The highest BCUT2D eigenvalue weighted by molar-refractivity contribution is 4.83. The van der Waals surface area contributed by atoms with Crippen LogP contribution in [0.1, 0.15) is 41.5 Å². The summed E-state index contributed by atoms with van der Waals surface area (Å²) in [6.45, 7) is 18.9. The van der Waals surface area contributed by atoms with Crippen LogP contribution in [0.2, 0.25) is 0 Å². The topological polar surface area (TPSA) is 6.48 Å². The van der Waals surface area contributed by atoms with E-state index in [1.54, 1.807) is 0 Å². The molecule has 1 heterocycles. The van der Waals surface area contributed by atoms with Crippen LogP contribution in [0.4, 0.5) is 0 Å². The second-order valence-corrected chi connectivity index (χ2v) is 6.21. The highest BCUT2D eigenvalue weighted by atomic mass is 15.3. The van der Waals surface area contributed by atoms with Gasteiger partial charge in [-0.3, -0.25) is 9.80 Å². The van der Waals surface area contributed by atoms with Crippen molar-refractivity contribution in [3.05, 3.63) is 0 Å². The van der Waals surface area contributed by atoms with Crippen LogP contribution < -0.4 is 0 Å². The molecule has 0 amide bonds. The fourth-order valence-corrected chi connectivity index (χ4v) is 2.19. The van der Waals surface area contributed by atoms with Gasteiger partial charge in [0.2, 0.25) is 0 Å². The average molecular weight is 212 g/mol. The lowest BCUT2D eigenvalue weighted by molar-refractivity contribution is 0.0437. The van der Waals surface area contributed by atoms with E-state index in [4.69, 9.17) is 0 Å². The first-order chi connectivity index (χ1) is 6.82. The third-order valence-electron chi connectivity index (χ3n) is 3.88. The van der Waals surface area contributed by atoms with Crippen molar-refractivity contribution in [2.45, 2.75) is 53.6 Å². The molecule has 0 aromatic heterocycles. The van der Waals surface area contributed by atoms with Gasteiger partial charge in [-0.15, -0.1) is 0 Å². The Balaban J connectivity index is 2.44. The average Bonchev–Trinajstić information content (AvgIpc) is 2.15. The predicted octanol–water partition coefficient (Wildman–Crippen LogP) is 2.45. The van der Waals surface area contributed by atoms with Gasteiger partial charge in [0.25, 0.3) is 0 Å². The third-order valence-corrected chi connectivity index (χ3v) is 3.88. The smallest absolute Gasteiger partial charge is 0.0116 e. The van der Waals surface area contributed by atoms with Gasteiger partial charge in [-0.05, 0) is 26.2 Å². The summed E-state index contributed by atoms with van der Waals surface area (Å²) >= 11 is 0. The molecule has 1 fully saturated rings. The Morgan fingerprint density at radius 1 is 0.800 bits per heavy atom. The van der Waals surface area contributed by atoms with Crippen LogP contribution in [0.25, 0.3) is 0 Å². The van der Waals surface area contributed by atoms with Crippen LogP contribution in [0.5, 0.6) is 0 Å². The fraction of sp³-hybridized carbons (Fsp3) is 1.00. The lowest BCUT2D eigenvalue weighted by atomic mass is 9.86. The SMILES string of the molecule is CC(C)N1CCN(C(C)C(C)(C)C)CC1. The van der Waals surface area contributed by atoms with Crippen LogP contribution in [0.15, 0.2) is 0 Å². The van der Waals surface area contributed by atoms with Crippen LogP contribution in [0.3, 0.4) is 0 Å². The molecule has 0 N–H and O–H groups in total. The second-order valence-electron chi connectivity index (χ2n) is 6.21. The van der Waals surface area contributed by atoms with Crippen molar-refractivity contribution in [1.82, 2.24) is 9.80 Å². The summed E-state index contributed by atoms with van der Waals surface area (Å²) in [5.74, 6) is 0. The maximum absolute atomic E-state index is 2.64. The maximum Gasteiger partial charge on any atom is 0.0116 e. The normalized spacial score (nSPS) is 23.4. The molecule has 1 saturated heterocycles. The van der Waals surface area contributed by atoms with Crippen molar-refractivity contribution in [3.63, 3.8) is 0 Å². The predicted molar refractivity (Wildman–Crippen MR) is 67.2 cm³/mol. The Kier molecular flexibility index (Phi) is 4.19. The largest absolute Gasteiger partial charge is 0.298 e. The Bertz CT molecular complexity index is 185. The molecule has 15 heavy (non-hydrogen) atoms. The summed E-state index contributed by atoms with van der Waals surface area (Å²) in [5, 5.41) is 0. The summed E-state index contributed by atoms with van der Waals surface area (Å²) in [4.78, 5) is 5.21. The van der Waals surface area contributed by atoms with Crippen molar-refractivity contribution in [1.29, 1.82) is 0 Å². The molecule has 0 aliphatic carbocycles. The maximum atomic E-state index is 2.64. The highest BCUT2D eigenvalue weighted by Gasteiger charge is 2.29. The van der Waals surface area contributed by atoms with Crippen LogP contribution in [-0.2, 0) is 0 Å². The van der Waals surface area contributed by atoms with E-state index in [9.17, 15) is 0 Å². The molecule has 2 heteroatoms. The molecule has 2 nitrogen and oxygen atoms in total. The van der Waals surface area contributed by atoms with Gasteiger partial charge in [0.15, 0.2) is 0 Å². The first-order valence-electron chi connectivity index (χ1n) is 6.30. The Hall–Kier alpha value is -0.0800. The molecule has 0 bridgehead atoms. The zero-order chi connectivity index (χ0) is 11.6. The van der Waals surface area contributed by atoms with Crippen LogP contribution in [-0.4, -0.2) is 48.1 Å². The quantitative estimate of drug-likeness (QED) is 0.694. The van der Waals surface area contributed by atoms with Crippen molar-refractivity contribution in [2.24, 2.45) is 5.41 Å². The monoisotopic (exact) mass is 212 g/mol. The first-order valence-corrected chi connectivity index (χ1v) is 6.30. The number of rotatable bonds is 2. The number of nitrogens with zero attached hydrogens (tertiary/aromatic N) is 2. The van der Waals surface area contributed by atoms with Gasteiger partial charge in [-0.1, -0.05) is 20.8 Å². The van der Waals surface area contributed by atoms with Gasteiger partial charge in [-0.2, -0.15) is 0 Å². The van der Waals surface area contributed by atoms with Crippen LogP contribution in [0, 0.1) is 5.41 Å². The lowest BCUT2D eigenvalue weighted by Crippen LogP contribution is -2.54. The van der Waals surface area contributed by atoms with Gasteiger partial charge in [0.05, 0.1) is 0 Å². The lowest BCUT2D eigenvalue weighted by Gasteiger charge is -2.44. The van der Waals surface area contributed by atoms with E-state index in [1.807, 2.05) is 0 Å². The van der Waals surface area contributed by atoms with Crippen molar-refractivity contribution < 1.29 is 0 Å². The molecule has 0 spiro atoms. The molecule has 1 atom stereocenters. The van der Waals surface area contributed by atoms with Crippen molar-refractivity contribution >= 4 is 0 Å². The van der Waals surface area contributed by atoms with Crippen molar-refractivity contribution in [3.8, 4) is 0 Å². The molecule has 0 aromatic carbocycles. The van der Waals surface area contributed by atoms with Gasteiger partial charge >= 0.3 is 0 Å². The zero-order valence-corrected chi connectivity index (χ0v) is 11.4. The Morgan fingerprint density at radius 3 is 1.53 bits per heavy atom. The first kappa shape index (κ1) is 13.0.